The number of para-hydroxylation sites is 2. The maximum atomic E-state index is 11.7. The van der Waals surface area contributed by atoms with Crippen LogP contribution in [0.1, 0.15) is 19.8 Å². The number of nitro groups is 1. The highest BCUT2D eigenvalue weighted by Crippen LogP contribution is 2.22. The van der Waals surface area contributed by atoms with Crippen LogP contribution in [0.25, 0.3) is 0 Å². The number of rotatable bonds is 8. The van der Waals surface area contributed by atoms with Crippen molar-refractivity contribution < 1.29 is 19.6 Å². The van der Waals surface area contributed by atoms with Gasteiger partial charge >= 0.3 is 5.97 Å². The van der Waals surface area contributed by atoms with Crippen molar-refractivity contribution in [2.75, 3.05) is 11.9 Å². The van der Waals surface area contributed by atoms with Gasteiger partial charge in [-0.1, -0.05) is 12.1 Å². The number of nitrogens with one attached hydrogen (secondary N) is 2. The number of carbonyl (C=O) groups excluding carboxylic acids is 1. The highest BCUT2D eigenvalue weighted by Gasteiger charge is 2.14. The van der Waals surface area contributed by atoms with E-state index in [0.717, 1.165) is 0 Å². The molecule has 1 aromatic carbocycles. The first-order chi connectivity index (χ1) is 9.90. The van der Waals surface area contributed by atoms with Crippen molar-refractivity contribution in [3.63, 3.8) is 0 Å². The van der Waals surface area contributed by atoms with E-state index in [4.69, 9.17) is 5.11 Å². The van der Waals surface area contributed by atoms with Gasteiger partial charge in [0.05, 0.1) is 11.5 Å². The topological polar surface area (TPSA) is 122 Å². The van der Waals surface area contributed by atoms with Crippen molar-refractivity contribution in [1.29, 1.82) is 0 Å². The zero-order valence-electron chi connectivity index (χ0n) is 11.5. The van der Waals surface area contributed by atoms with Crippen LogP contribution < -0.4 is 10.6 Å². The zero-order chi connectivity index (χ0) is 15.8. The molecule has 21 heavy (non-hydrogen) atoms. The summed E-state index contributed by atoms with van der Waals surface area (Å²) in [4.78, 5) is 32.3. The molecule has 0 aromatic heterocycles. The Hall–Kier alpha value is -2.64. The van der Waals surface area contributed by atoms with E-state index in [1.807, 2.05) is 0 Å². The SMILES string of the molecule is CC(CCC(=O)O)NC(=O)CNc1ccccc1[N+](=O)[O-]. The van der Waals surface area contributed by atoms with Crippen molar-refractivity contribution in [2.24, 2.45) is 0 Å². The lowest BCUT2D eigenvalue weighted by Crippen LogP contribution is -2.37. The number of hydrogen-bond acceptors (Lipinski definition) is 5. The summed E-state index contributed by atoms with van der Waals surface area (Å²) >= 11 is 0. The molecule has 0 heterocycles. The Morgan fingerprint density at radius 3 is 2.67 bits per heavy atom. The van der Waals surface area contributed by atoms with Gasteiger partial charge in [-0.2, -0.15) is 0 Å². The van der Waals surface area contributed by atoms with Gasteiger partial charge in [0, 0.05) is 18.5 Å². The predicted molar refractivity (Wildman–Crippen MR) is 76.1 cm³/mol. The number of hydrogen-bond donors (Lipinski definition) is 3. The molecule has 8 heteroatoms. The second kappa shape index (κ2) is 7.83. The lowest BCUT2D eigenvalue weighted by molar-refractivity contribution is -0.383. The van der Waals surface area contributed by atoms with Crippen LogP contribution in [0, 0.1) is 10.1 Å². The molecule has 0 spiro atoms. The number of anilines is 1. The normalized spacial score (nSPS) is 11.5. The van der Waals surface area contributed by atoms with Gasteiger partial charge in [-0.25, -0.2) is 0 Å². The maximum Gasteiger partial charge on any atom is 0.303 e. The summed E-state index contributed by atoms with van der Waals surface area (Å²) in [7, 11) is 0. The van der Waals surface area contributed by atoms with E-state index >= 15 is 0 Å². The molecule has 0 bridgehead atoms. The molecule has 0 saturated heterocycles. The van der Waals surface area contributed by atoms with Gasteiger partial charge in [0.25, 0.3) is 5.69 Å². The molecular formula is C13H17N3O5. The Morgan fingerprint density at radius 2 is 2.05 bits per heavy atom. The molecule has 0 fully saturated rings. The van der Waals surface area contributed by atoms with Crippen molar-refractivity contribution in [2.45, 2.75) is 25.8 Å². The molecule has 1 rings (SSSR count). The fraction of sp³-hybridized carbons (Fsp3) is 0.385. The second-order valence-corrected chi connectivity index (χ2v) is 4.53. The minimum Gasteiger partial charge on any atom is -0.481 e. The third kappa shape index (κ3) is 5.89. The monoisotopic (exact) mass is 295 g/mol. The summed E-state index contributed by atoms with van der Waals surface area (Å²) in [6, 6.07) is 5.75. The predicted octanol–water partition coefficient (Wildman–Crippen LogP) is 1.38. The van der Waals surface area contributed by atoms with Crippen molar-refractivity contribution in [3.05, 3.63) is 34.4 Å². The van der Waals surface area contributed by atoms with Gasteiger partial charge in [0.15, 0.2) is 0 Å². The van der Waals surface area contributed by atoms with E-state index in [-0.39, 0.29) is 36.3 Å². The van der Waals surface area contributed by atoms with Crippen LogP contribution in [-0.4, -0.2) is 34.5 Å². The first kappa shape index (κ1) is 16.4. The van der Waals surface area contributed by atoms with Gasteiger partial charge in [0.2, 0.25) is 5.91 Å². The smallest absolute Gasteiger partial charge is 0.303 e. The van der Waals surface area contributed by atoms with Crippen LogP contribution in [0.4, 0.5) is 11.4 Å². The molecule has 0 aliphatic rings. The Bertz CT molecular complexity index is 532. The van der Waals surface area contributed by atoms with Gasteiger partial charge in [-0.05, 0) is 19.4 Å². The summed E-state index contributed by atoms with van der Waals surface area (Å²) in [5.74, 6) is -1.28. The van der Waals surface area contributed by atoms with E-state index in [9.17, 15) is 19.7 Å². The number of nitrogens with zero attached hydrogens (tertiary/aromatic N) is 1. The number of carboxylic acids is 1. The highest BCUT2D eigenvalue weighted by molar-refractivity contribution is 5.82. The molecule has 0 aliphatic carbocycles. The first-order valence-corrected chi connectivity index (χ1v) is 6.38. The van der Waals surface area contributed by atoms with Gasteiger partial charge in [-0.3, -0.25) is 19.7 Å². The molecule has 0 saturated carbocycles. The van der Waals surface area contributed by atoms with E-state index in [1.54, 1.807) is 13.0 Å². The molecule has 1 aromatic rings. The molecule has 8 nitrogen and oxygen atoms in total. The number of amides is 1. The molecular weight excluding hydrogens is 278 g/mol. The van der Waals surface area contributed by atoms with Crippen molar-refractivity contribution in [3.8, 4) is 0 Å². The van der Waals surface area contributed by atoms with Gasteiger partial charge < -0.3 is 15.7 Å². The molecule has 3 N–H and O–H groups in total. The Kier molecular flexibility index (Phi) is 6.12. The maximum absolute atomic E-state index is 11.7. The highest BCUT2D eigenvalue weighted by atomic mass is 16.6. The van der Waals surface area contributed by atoms with Crippen LogP contribution in [0.2, 0.25) is 0 Å². The van der Waals surface area contributed by atoms with E-state index < -0.39 is 10.9 Å². The molecule has 114 valence electrons. The molecule has 1 amide bonds. The van der Waals surface area contributed by atoms with E-state index in [2.05, 4.69) is 10.6 Å². The average molecular weight is 295 g/mol. The van der Waals surface area contributed by atoms with E-state index in [1.165, 1.54) is 18.2 Å². The van der Waals surface area contributed by atoms with Crippen LogP contribution in [0.5, 0.6) is 0 Å². The number of benzene rings is 1. The molecule has 1 unspecified atom stereocenters. The minimum absolute atomic E-state index is 0.0287. The standard InChI is InChI=1S/C13H17N3O5/c1-9(6-7-13(18)19)15-12(17)8-14-10-4-2-3-5-11(10)16(20)21/h2-5,9,14H,6-8H2,1H3,(H,15,17)(H,18,19). The molecule has 0 radical (unpaired) electrons. The first-order valence-electron chi connectivity index (χ1n) is 6.38. The van der Waals surface area contributed by atoms with Crippen LogP contribution >= 0.6 is 0 Å². The summed E-state index contributed by atoms with van der Waals surface area (Å²) in [5.41, 5.74) is 0.153. The second-order valence-electron chi connectivity index (χ2n) is 4.53. The van der Waals surface area contributed by atoms with Gasteiger partial charge in [-0.15, -0.1) is 0 Å². The van der Waals surface area contributed by atoms with Crippen LogP contribution in [0.3, 0.4) is 0 Å². The van der Waals surface area contributed by atoms with E-state index in [0.29, 0.717) is 6.42 Å². The average Bonchev–Trinajstić information content (AvgIpc) is 2.43. The third-order valence-electron chi connectivity index (χ3n) is 2.74. The number of aliphatic carboxylic acids is 1. The summed E-state index contributed by atoms with van der Waals surface area (Å²) in [5, 5.41) is 24.7. The molecule has 0 aliphatic heterocycles. The quantitative estimate of drug-likeness (QED) is 0.492. The third-order valence-corrected chi connectivity index (χ3v) is 2.74. The summed E-state index contributed by atoms with van der Waals surface area (Å²) < 4.78 is 0. The Balaban J connectivity index is 2.46. The Morgan fingerprint density at radius 1 is 1.38 bits per heavy atom. The number of carboxylic acid groups (broad SMARTS) is 1. The lowest BCUT2D eigenvalue weighted by atomic mass is 10.2. The summed E-state index contributed by atoms with van der Waals surface area (Å²) in [6.07, 6.45) is 0.297. The fourth-order valence-electron chi connectivity index (χ4n) is 1.70. The van der Waals surface area contributed by atoms with Crippen molar-refractivity contribution >= 4 is 23.3 Å². The number of carbonyl (C=O) groups is 2. The largest absolute Gasteiger partial charge is 0.481 e. The zero-order valence-corrected chi connectivity index (χ0v) is 11.5. The van der Waals surface area contributed by atoms with Crippen molar-refractivity contribution in [1.82, 2.24) is 5.32 Å². The number of nitro benzene ring substituents is 1. The Labute approximate surface area is 121 Å². The fourth-order valence-corrected chi connectivity index (χ4v) is 1.70. The van der Waals surface area contributed by atoms with Crippen LogP contribution in [-0.2, 0) is 9.59 Å². The minimum atomic E-state index is -0.922. The van der Waals surface area contributed by atoms with Gasteiger partial charge in [0.1, 0.15) is 5.69 Å². The molecule has 1 atom stereocenters. The summed E-state index contributed by atoms with van der Waals surface area (Å²) in [6.45, 7) is 1.58. The lowest BCUT2D eigenvalue weighted by Gasteiger charge is -2.13. The van der Waals surface area contributed by atoms with Crippen LogP contribution in [0.15, 0.2) is 24.3 Å².